The van der Waals surface area contributed by atoms with E-state index in [2.05, 4.69) is 20.6 Å². The summed E-state index contributed by atoms with van der Waals surface area (Å²) in [7, 11) is 0. The summed E-state index contributed by atoms with van der Waals surface area (Å²) in [4.78, 5) is 20.6. The molecule has 0 radical (unpaired) electrons. The molecule has 1 amide bonds. The highest BCUT2D eigenvalue weighted by Gasteiger charge is 2.20. The monoisotopic (exact) mass is 272 g/mol. The fourth-order valence-electron chi connectivity index (χ4n) is 1.91. The van der Waals surface area contributed by atoms with E-state index in [0.717, 1.165) is 16.9 Å². The second-order valence-corrected chi connectivity index (χ2v) is 5.02. The Morgan fingerprint density at radius 3 is 2.84 bits per heavy atom. The normalized spacial score (nSPS) is 12.8. The van der Waals surface area contributed by atoms with E-state index in [0.29, 0.717) is 16.5 Å². The Kier molecular flexibility index (Phi) is 2.87. The summed E-state index contributed by atoms with van der Waals surface area (Å²) < 4.78 is 0. The topological polar surface area (TPSA) is 66.9 Å². The largest absolute Gasteiger partial charge is 0.338 e. The van der Waals surface area contributed by atoms with Crippen LogP contribution in [0.15, 0.2) is 29.6 Å². The van der Waals surface area contributed by atoms with Crippen LogP contribution in [0.3, 0.4) is 0 Å². The lowest BCUT2D eigenvalue weighted by atomic mass is 10.2. The van der Waals surface area contributed by atoms with Gasteiger partial charge in [-0.05, 0) is 30.9 Å². The van der Waals surface area contributed by atoms with Gasteiger partial charge < -0.3 is 10.6 Å². The summed E-state index contributed by atoms with van der Waals surface area (Å²) in [5.41, 5.74) is 3.13. The predicted octanol–water partition coefficient (Wildman–Crippen LogP) is 2.82. The van der Waals surface area contributed by atoms with Gasteiger partial charge in [0.15, 0.2) is 5.16 Å². The minimum atomic E-state index is -0.195. The van der Waals surface area contributed by atoms with Gasteiger partial charge in [0.1, 0.15) is 11.4 Å². The third-order valence-corrected chi connectivity index (χ3v) is 3.43. The Morgan fingerprint density at radius 1 is 1.21 bits per heavy atom. The number of hydrogen-bond donors (Lipinski definition) is 2. The van der Waals surface area contributed by atoms with E-state index >= 15 is 0 Å². The van der Waals surface area contributed by atoms with Crippen LogP contribution in [-0.4, -0.2) is 22.1 Å². The molecule has 0 saturated carbocycles. The van der Waals surface area contributed by atoms with Gasteiger partial charge in [-0.3, -0.25) is 4.79 Å². The van der Waals surface area contributed by atoms with Crippen LogP contribution in [0.1, 0.15) is 15.9 Å². The molecular weight excluding hydrogens is 260 g/mol. The quantitative estimate of drug-likeness (QED) is 0.617. The van der Waals surface area contributed by atoms with Gasteiger partial charge in [0.2, 0.25) is 0 Å². The molecule has 0 aliphatic carbocycles. The molecule has 1 aromatic heterocycles. The molecule has 0 atom stereocenters. The van der Waals surface area contributed by atoms with Crippen LogP contribution in [0.5, 0.6) is 0 Å². The lowest BCUT2D eigenvalue weighted by Gasteiger charge is -2.08. The Hall–Kier alpha value is -2.08. The number of nitrogens with one attached hydrogen (secondary N) is 2. The number of aryl methyl sites for hydroxylation is 1. The molecule has 3 rings (SSSR count). The van der Waals surface area contributed by atoms with Crippen molar-refractivity contribution in [1.29, 1.82) is 0 Å². The first-order chi connectivity index (χ1) is 9.17. The maximum absolute atomic E-state index is 12.1. The molecule has 6 heteroatoms. The Labute approximate surface area is 114 Å². The number of carbonyl (C=O) groups excluding carboxylic acids is 1. The highest BCUT2D eigenvalue weighted by atomic mass is 32.2. The molecule has 0 bridgehead atoms. The number of hydrogen-bond acceptors (Lipinski definition) is 5. The maximum Gasteiger partial charge on any atom is 0.261 e. The molecule has 0 unspecified atom stereocenters. The number of carbonyl (C=O) groups is 1. The summed E-state index contributed by atoms with van der Waals surface area (Å²) in [6, 6.07) is 5.84. The Bertz CT molecular complexity index is 672. The predicted molar refractivity (Wildman–Crippen MR) is 76.2 cm³/mol. The summed E-state index contributed by atoms with van der Waals surface area (Å²) in [6.45, 7) is 1.98. The summed E-state index contributed by atoms with van der Waals surface area (Å²) >= 11 is 1.44. The summed E-state index contributed by atoms with van der Waals surface area (Å²) in [6.07, 6.45) is 3.45. The molecule has 19 heavy (non-hydrogen) atoms. The molecule has 2 heterocycles. The van der Waals surface area contributed by atoms with Crippen LogP contribution in [0, 0.1) is 6.92 Å². The van der Waals surface area contributed by atoms with Crippen molar-refractivity contribution in [1.82, 2.24) is 9.97 Å². The van der Waals surface area contributed by atoms with Crippen LogP contribution in [0.25, 0.3) is 0 Å². The molecule has 0 fully saturated rings. The van der Waals surface area contributed by atoms with Gasteiger partial charge in [0, 0.05) is 6.20 Å². The van der Waals surface area contributed by atoms with Gasteiger partial charge >= 0.3 is 0 Å². The molecule has 1 aromatic carbocycles. The highest BCUT2D eigenvalue weighted by molar-refractivity contribution is 7.98. The number of anilines is 3. The lowest BCUT2D eigenvalue weighted by molar-refractivity contribution is 0.102. The van der Waals surface area contributed by atoms with Crippen LogP contribution in [0.4, 0.5) is 17.2 Å². The van der Waals surface area contributed by atoms with Gasteiger partial charge in [0.05, 0.1) is 11.4 Å². The van der Waals surface area contributed by atoms with Crippen molar-refractivity contribution >= 4 is 34.9 Å². The maximum atomic E-state index is 12.1. The number of benzene rings is 1. The van der Waals surface area contributed by atoms with Crippen molar-refractivity contribution in [3.63, 3.8) is 0 Å². The minimum absolute atomic E-state index is 0.195. The van der Waals surface area contributed by atoms with Crippen LogP contribution >= 0.6 is 11.8 Å². The number of thioether (sulfide) groups is 1. The number of fused-ring (bicyclic) bond motifs is 2. The Morgan fingerprint density at radius 2 is 2.05 bits per heavy atom. The zero-order valence-electron chi connectivity index (χ0n) is 10.5. The van der Waals surface area contributed by atoms with Crippen molar-refractivity contribution in [3.8, 4) is 0 Å². The van der Waals surface area contributed by atoms with Gasteiger partial charge in [-0.1, -0.05) is 17.8 Å². The Balaban J connectivity index is 2.13. The first-order valence-electron chi connectivity index (χ1n) is 5.77. The number of rotatable bonds is 1. The number of nitrogens with zero attached hydrogens (tertiary/aromatic N) is 2. The van der Waals surface area contributed by atoms with E-state index in [4.69, 9.17) is 0 Å². The van der Waals surface area contributed by atoms with Crippen LogP contribution in [0.2, 0.25) is 0 Å². The first kappa shape index (κ1) is 12.0. The third kappa shape index (κ3) is 2.15. The number of amides is 1. The molecule has 96 valence electrons. The van der Waals surface area contributed by atoms with Crippen molar-refractivity contribution in [2.45, 2.75) is 12.1 Å². The molecule has 0 spiro atoms. The minimum Gasteiger partial charge on any atom is -0.338 e. The van der Waals surface area contributed by atoms with Gasteiger partial charge in [-0.15, -0.1) is 0 Å². The average Bonchev–Trinajstić information content (AvgIpc) is 2.54. The second-order valence-electron chi connectivity index (χ2n) is 4.25. The SMILES string of the molecule is CSc1ncc2c(n1)Nc1ccc(C)cc1NC2=O. The molecule has 5 nitrogen and oxygen atoms in total. The molecule has 1 aliphatic heterocycles. The van der Waals surface area contributed by atoms with E-state index in [-0.39, 0.29) is 5.91 Å². The van der Waals surface area contributed by atoms with E-state index in [1.165, 1.54) is 11.8 Å². The molecular formula is C13H12N4OS. The molecule has 1 aliphatic rings. The van der Waals surface area contributed by atoms with Crippen LogP contribution in [-0.2, 0) is 0 Å². The highest BCUT2D eigenvalue weighted by Crippen LogP contribution is 2.31. The average molecular weight is 272 g/mol. The van der Waals surface area contributed by atoms with Crippen LogP contribution < -0.4 is 10.6 Å². The van der Waals surface area contributed by atoms with Gasteiger partial charge in [-0.2, -0.15) is 0 Å². The second kappa shape index (κ2) is 4.55. The van der Waals surface area contributed by atoms with E-state index < -0.39 is 0 Å². The van der Waals surface area contributed by atoms with Crippen molar-refractivity contribution in [2.75, 3.05) is 16.9 Å². The molecule has 0 saturated heterocycles. The summed E-state index contributed by atoms with van der Waals surface area (Å²) in [5.74, 6) is 0.346. The zero-order valence-corrected chi connectivity index (χ0v) is 11.3. The lowest BCUT2D eigenvalue weighted by Crippen LogP contribution is -2.12. The van der Waals surface area contributed by atoms with E-state index in [1.807, 2.05) is 31.4 Å². The van der Waals surface area contributed by atoms with Gasteiger partial charge in [0.25, 0.3) is 5.91 Å². The third-order valence-electron chi connectivity index (χ3n) is 2.87. The number of aromatic nitrogens is 2. The fourth-order valence-corrected chi connectivity index (χ4v) is 2.25. The molecule has 2 N–H and O–H groups in total. The first-order valence-corrected chi connectivity index (χ1v) is 7.00. The summed E-state index contributed by atoms with van der Waals surface area (Å²) in [5, 5.41) is 6.69. The van der Waals surface area contributed by atoms with Gasteiger partial charge in [-0.25, -0.2) is 9.97 Å². The smallest absolute Gasteiger partial charge is 0.261 e. The van der Waals surface area contributed by atoms with Crippen molar-refractivity contribution in [3.05, 3.63) is 35.5 Å². The van der Waals surface area contributed by atoms with Crippen molar-refractivity contribution < 1.29 is 4.79 Å². The van der Waals surface area contributed by atoms with Crippen molar-refractivity contribution in [2.24, 2.45) is 0 Å². The zero-order chi connectivity index (χ0) is 13.4. The van der Waals surface area contributed by atoms with E-state index in [9.17, 15) is 4.79 Å². The standard InChI is InChI=1S/C13H12N4OS/c1-7-3-4-9-10(5-7)16-12(18)8-6-14-13(19-2)17-11(8)15-9/h3-6H,1-2H3,(H,16,18)(H,14,15,17). The molecule has 2 aromatic rings. The van der Waals surface area contributed by atoms with E-state index in [1.54, 1.807) is 6.20 Å². The fraction of sp³-hybridized carbons (Fsp3) is 0.154.